The van der Waals surface area contributed by atoms with Gasteiger partial charge in [-0.05, 0) is 49.3 Å². The second-order valence-electron chi connectivity index (χ2n) is 6.24. The van der Waals surface area contributed by atoms with Crippen LogP contribution in [0.5, 0.6) is 0 Å². The van der Waals surface area contributed by atoms with Crippen molar-refractivity contribution in [1.29, 1.82) is 0 Å². The van der Waals surface area contributed by atoms with Crippen LogP contribution in [0.3, 0.4) is 0 Å². The fourth-order valence-corrected chi connectivity index (χ4v) is 4.81. The summed E-state index contributed by atoms with van der Waals surface area (Å²) in [5.74, 6) is 2.03. The second-order valence-corrected chi connectivity index (χ2v) is 7.30. The van der Waals surface area contributed by atoms with E-state index < -0.39 is 0 Å². The van der Waals surface area contributed by atoms with Gasteiger partial charge in [-0.1, -0.05) is 44.9 Å². The van der Waals surface area contributed by atoms with Crippen molar-refractivity contribution >= 4 is 11.8 Å². The lowest BCUT2D eigenvalue weighted by atomic mass is 9.72. The normalized spacial score (nSPS) is 20.6. The van der Waals surface area contributed by atoms with Gasteiger partial charge in [0.25, 0.3) is 0 Å². The van der Waals surface area contributed by atoms with Gasteiger partial charge in [-0.25, -0.2) is 0 Å². The van der Waals surface area contributed by atoms with Crippen LogP contribution in [-0.4, -0.2) is 19.3 Å². The van der Waals surface area contributed by atoms with Crippen LogP contribution < -0.4 is 5.32 Å². The average Bonchev–Trinajstić information content (AvgIpc) is 2.88. The minimum absolute atomic E-state index is 0.480. The van der Waals surface area contributed by atoms with Gasteiger partial charge in [0.05, 0.1) is 0 Å². The van der Waals surface area contributed by atoms with Gasteiger partial charge >= 0.3 is 0 Å². The molecule has 1 aliphatic rings. The molecule has 2 atom stereocenters. The summed E-state index contributed by atoms with van der Waals surface area (Å²) in [7, 11) is 2.10. The molecule has 1 heterocycles. The van der Waals surface area contributed by atoms with Gasteiger partial charge in [-0.3, -0.25) is 0 Å². The Kier molecular flexibility index (Phi) is 5.98. The van der Waals surface area contributed by atoms with Crippen LogP contribution in [0.25, 0.3) is 0 Å². The summed E-state index contributed by atoms with van der Waals surface area (Å²) in [5.41, 5.74) is 2.08. The van der Waals surface area contributed by atoms with E-state index in [0.717, 1.165) is 12.5 Å². The number of unbranched alkanes of at least 4 members (excludes halogenated alkanes) is 1. The topological polar surface area (TPSA) is 12.0 Å². The highest BCUT2D eigenvalue weighted by Gasteiger charge is 2.33. The summed E-state index contributed by atoms with van der Waals surface area (Å²) >= 11 is 2.05. The molecule has 0 spiro atoms. The molecule has 0 aliphatic carbocycles. The van der Waals surface area contributed by atoms with Crippen LogP contribution in [-0.2, 0) is 0 Å². The maximum atomic E-state index is 3.46. The van der Waals surface area contributed by atoms with Crippen molar-refractivity contribution in [2.24, 2.45) is 5.41 Å². The Hall–Kier alpha value is -0.470. The summed E-state index contributed by atoms with van der Waals surface area (Å²) < 4.78 is 0. The number of nitrogens with one attached hydrogen (secondary N) is 1. The second kappa shape index (κ2) is 7.51. The van der Waals surface area contributed by atoms with E-state index in [9.17, 15) is 0 Å². The molecule has 0 fully saturated rings. The summed E-state index contributed by atoms with van der Waals surface area (Å²) in [6, 6.07) is 9.01. The highest BCUT2D eigenvalue weighted by molar-refractivity contribution is 7.99. The molecule has 2 unspecified atom stereocenters. The third-order valence-electron chi connectivity index (χ3n) is 4.84. The molecular weight excluding hydrogens is 262 g/mol. The van der Waals surface area contributed by atoms with Crippen molar-refractivity contribution in [3.8, 4) is 0 Å². The Morgan fingerprint density at radius 1 is 1.30 bits per heavy atom. The molecule has 0 aromatic heterocycles. The number of fused-ring (bicyclic) bond motifs is 1. The van der Waals surface area contributed by atoms with Crippen molar-refractivity contribution in [3.63, 3.8) is 0 Å². The Morgan fingerprint density at radius 3 is 2.80 bits per heavy atom. The fourth-order valence-electron chi connectivity index (χ4n) is 3.56. The SMILES string of the molecule is CCCCC(CC)(CNC)CC1CSc2ccccc21. The number of thioether (sulfide) groups is 1. The molecule has 0 bridgehead atoms. The molecule has 1 aliphatic heterocycles. The number of hydrogen-bond donors (Lipinski definition) is 1. The molecule has 112 valence electrons. The van der Waals surface area contributed by atoms with Crippen LogP contribution in [0.15, 0.2) is 29.2 Å². The minimum atomic E-state index is 0.480. The third kappa shape index (κ3) is 3.59. The van der Waals surface area contributed by atoms with Crippen molar-refractivity contribution in [1.82, 2.24) is 5.32 Å². The van der Waals surface area contributed by atoms with Gasteiger partial charge in [0.2, 0.25) is 0 Å². The zero-order valence-corrected chi connectivity index (χ0v) is 14.1. The lowest BCUT2D eigenvalue weighted by Crippen LogP contribution is -2.34. The van der Waals surface area contributed by atoms with Crippen molar-refractivity contribution in [2.45, 2.75) is 56.8 Å². The van der Waals surface area contributed by atoms with Crippen molar-refractivity contribution in [2.75, 3.05) is 19.3 Å². The van der Waals surface area contributed by atoms with Crippen molar-refractivity contribution in [3.05, 3.63) is 29.8 Å². The number of hydrogen-bond acceptors (Lipinski definition) is 2. The fraction of sp³-hybridized carbons (Fsp3) is 0.667. The molecule has 0 radical (unpaired) electrons. The molecule has 1 N–H and O–H groups in total. The highest BCUT2D eigenvalue weighted by Crippen LogP contribution is 2.47. The minimum Gasteiger partial charge on any atom is -0.319 e. The molecule has 20 heavy (non-hydrogen) atoms. The molecule has 0 saturated carbocycles. The first kappa shape index (κ1) is 15.9. The van der Waals surface area contributed by atoms with E-state index in [4.69, 9.17) is 0 Å². The van der Waals surface area contributed by atoms with Gasteiger partial charge in [0.1, 0.15) is 0 Å². The van der Waals surface area contributed by atoms with E-state index in [0.29, 0.717) is 5.41 Å². The van der Waals surface area contributed by atoms with E-state index in [1.165, 1.54) is 42.8 Å². The molecular formula is C18H29NS. The average molecular weight is 292 g/mol. The first-order chi connectivity index (χ1) is 9.74. The Bertz CT molecular complexity index is 418. The van der Waals surface area contributed by atoms with Gasteiger partial charge in [-0.15, -0.1) is 11.8 Å². The van der Waals surface area contributed by atoms with Crippen LogP contribution >= 0.6 is 11.8 Å². The molecule has 1 nitrogen and oxygen atoms in total. The quantitative estimate of drug-likeness (QED) is 0.717. The summed E-state index contributed by atoms with van der Waals surface area (Å²) in [5, 5.41) is 3.46. The molecule has 2 rings (SSSR count). The van der Waals surface area contributed by atoms with Crippen LogP contribution in [0.2, 0.25) is 0 Å². The van der Waals surface area contributed by atoms with Gasteiger partial charge < -0.3 is 5.32 Å². The van der Waals surface area contributed by atoms with E-state index in [1.807, 2.05) is 11.8 Å². The highest BCUT2D eigenvalue weighted by atomic mass is 32.2. The Labute approximate surface area is 128 Å². The van der Waals surface area contributed by atoms with E-state index in [-0.39, 0.29) is 0 Å². The molecule has 1 aromatic rings. The van der Waals surface area contributed by atoms with E-state index in [2.05, 4.69) is 50.5 Å². The number of benzene rings is 1. The van der Waals surface area contributed by atoms with Crippen LogP contribution in [0, 0.1) is 5.41 Å². The lowest BCUT2D eigenvalue weighted by Gasteiger charge is -2.35. The third-order valence-corrected chi connectivity index (χ3v) is 6.09. The van der Waals surface area contributed by atoms with Gasteiger partial charge in [0, 0.05) is 17.2 Å². The van der Waals surface area contributed by atoms with Crippen molar-refractivity contribution < 1.29 is 0 Å². The maximum Gasteiger partial charge on any atom is 0.0107 e. The Morgan fingerprint density at radius 2 is 2.10 bits per heavy atom. The monoisotopic (exact) mass is 291 g/mol. The summed E-state index contributed by atoms with van der Waals surface area (Å²) in [4.78, 5) is 1.52. The summed E-state index contributed by atoms with van der Waals surface area (Å²) in [6.07, 6.45) is 6.66. The van der Waals surface area contributed by atoms with Gasteiger partial charge in [-0.2, -0.15) is 0 Å². The van der Waals surface area contributed by atoms with E-state index in [1.54, 1.807) is 5.56 Å². The standard InChI is InChI=1S/C18H29NS/c1-4-6-11-18(5-2,14-19-3)12-15-13-20-17-10-8-7-9-16(15)17/h7-10,15,19H,4-6,11-14H2,1-3H3. The van der Waals surface area contributed by atoms with Gasteiger partial charge in [0.15, 0.2) is 0 Å². The molecule has 0 saturated heterocycles. The van der Waals surface area contributed by atoms with Crippen LogP contribution in [0.1, 0.15) is 57.4 Å². The zero-order valence-electron chi connectivity index (χ0n) is 13.2. The predicted molar refractivity (Wildman–Crippen MR) is 90.7 cm³/mol. The lowest BCUT2D eigenvalue weighted by molar-refractivity contribution is 0.204. The first-order valence-electron chi connectivity index (χ1n) is 8.11. The molecule has 0 amide bonds. The first-order valence-corrected chi connectivity index (χ1v) is 9.09. The largest absolute Gasteiger partial charge is 0.319 e. The maximum absolute atomic E-state index is 3.46. The smallest absolute Gasteiger partial charge is 0.0107 e. The molecule has 1 aromatic carbocycles. The Balaban J connectivity index is 2.12. The summed E-state index contributed by atoms with van der Waals surface area (Å²) in [6.45, 7) is 5.84. The molecule has 2 heteroatoms. The predicted octanol–water partition coefficient (Wildman–Crippen LogP) is 5.07. The zero-order chi connectivity index (χ0) is 14.4. The van der Waals surface area contributed by atoms with Crippen LogP contribution in [0.4, 0.5) is 0 Å². The number of rotatable bonds is 8. The van der Waals surface area contributed by atoms with E-state index >= 15 is 0 Å².